The van der Waals surface area contributed by atoms with Crippen LogP contribution in [0.15, 0.2) is 18.2 Å². The number of halogens is 2. The van der Waals surface area contributed by atoms with Crippen molar-refractivity contribution in [3.8, 4) is 17.0 Å². The summed E-state index contributed by atoms with van der Waals surface area (Å²) in [5, 5.41) is 22.5. The van der Waals surface area contributed by atoms with E-state index in [0.717, 1.165) is 43.2 Å². The summed E-state index contributed by atoms with van der Waals surface area (Å²) < 4.78 is 43.4. The summed E-state index contributed by atoms with van der Waals surface area (Å²) in [5.74, 6) is 0.901. The Balaban J connectivity index is 1.57. The van der Waals surface area contributed by atoms with E-state index < -0.39 is 12.5 Å². The van der Waals surface area contributed by atoms with E-state index in [1.54, 1.807) is 6.07 Å². The summed E-state index contributed by atoms with van der Waals surface area (Å²) in [6.45, 7) is 0.327. The van der Waals surface area contributed by atoms with E-state index in [0.29, 0.717) is 30.1 Å². The second-order valence-corrected chi connectivity index (χ2v) is 8.86. The third kappa shape index (κ3) is 4.04. The lowest BCUT2D eigenvalue weighted by molar-refractivity contribution is 0.00826. The number of aromatic nitrogens is 2. The number of alkyl halides is 2. The quantitative estimate of drug-likeness (QED) is 0.621. The zero-order chi connectivity index (χ0) is 22.3. The highest BCUT2D eigenvalue weighted by Crippen LogP contribution is 2.49. The monoisotopic (exact) mass is 447 g/mol. The average Bonchev–Trinajstić information content (AvgIpc) is 3.42. The largest absolute Gasteiger partial charge is 0.467 e. The number of benzene rings is 1. The van der Waals surface area contributed by atoms with Crippen LogP contribution in [-0.4, -0.2) is 47.0 Å². The van der Waals surface area contributed by atoms with Crippen molar-refractivity contribution in [2.75, 3.05) is 19.2 Å². The Bertz CT molecular complexity index is 999. The Morgan fingerprint density at radius 2 is 2.09 bits per heavy atom. The summed E-state index contributed by atoms with van der Waals surface area (Å²) in [5.41, 5.74) is 2.80. The van der Waals surface area contributed by atoms with Crippen molar-refractivity contribution in [3.63, 3.8) is 0 Å². The lowest BCUT2D eigenvalue weighted by Gasteiger charge is -2.29. The number of nitrogens with one attached hydrogen (secondary N) is 1. The van der Waals surface area contributed by atoms with Crippen LogP contribution in [0.2, 0.25) is 0 Å². The van der Waals surface area contributed by atoms with Gasteiger partial charge in [-0.3, -0.25) is 0 Å². The predicted octanol–water partition coefficient (Wildman–Crippen LogP) is 3.99. The van der Waals surface area contributed by atoms with Crippen LogP contribution >= 0.6 is 0 Å². The molecule has 5 rings (SSSR count). The summed E-state index contributed by atoms with van der Waals surface area (Å²) in [6, 6.07) is 4.27. The number of nitrogens with zero attached hydrogens (tertiary/aromatic N) is 2. The molecule has 2 N–H and O–H groups in total. The minimum absolute atomic E-state index is 0.0676. The standard InChI is InChI=1S/C23H27F2N3O4/c1-30-12-31-19-9-13(21(24)25)5-6-14(19)20-15-10-23(7-8-23)32-11-16(15)22(28-27-20)26-17-3-2-4-18(17)29/h5-6,9,17-18,21,29H,2-4,7-8,10-12H2,1H3,(H,26,28)/t17-,18-/m1/s1. The van der Waals surface area contributed by atoms with Crippen LogP contribution in [0.5, 0.6) is 5.75 Å². The van der Waals surface area contributed by atoms with E-state index in [-0.39, 0.29) is 29.7 Å². The number of fused-ring (bicyclic) bond motifs is 1. The molecule has 1 aromatic carbocycles. The van der Waals surface area contributed by atoms with Crippen molar-refractivity contribution in [3.05, 3.63) is 34.9 Å². The van der Waals surface area contributed by atoms with Gasteiger partial charge >= 0.3 is 0 Å². The molecule has 2 fully saturated rings. The minimum Gasteiger partial charge on any atom is -0.467 e. The van der Waals surface area contributed by atoms with Gasteiger partial charge in [0.25, 0.3) is 6.43 Å². The topological polar surface area (TPSA) is 85.7 Å². The highest BCUT2D eigenvalue weighted by molar-refractivity contribution is 5.73. The Labute approximate surface area is 185 Å². The fraction of sp³-hybridized carbons (Fsp3) is 0.565. The first-order valence-corrected chi connectivity index (χ1v) is 11.0. The Kier molecular flexibility index (Phi) is 5.73. The number of hydrogen-bond acceptors (Lipinski definition) is 7. The molecule has 0 radical (unpaired) electrons. The van der Waals surface area contributed by atoms with Crippen LogP contribution in [0.25, 0.3) is 11.3 Å². The van der Waals surface area contributed by atoms with Crippen LogP contribution in [-0.2, 0) is 22.5 Å². The van der Waals surface area contributed by atoms with E-state index >= 15 is 0 Å². The Morgan fingerprint density at radius 3 is 2.78 bits per heavy atom. The zero-order valence-electron chi connectivity index (χ0n) is 17.9. The molecule has 0 amide bonds. The maximum atomic E-state index is 13.3. The van der Waals surface area contributed by atoms with Gasteiger partial charge in [0.15, 0.2) is 12.6 Å². The number of rotatable bonds is 7. The number of methoxy groups -OCH3 is 1. The van der Waals surface area contributed by atoms with Crippen LogP contribution in [0.1, 0.15) is 55.2 Å². The van der Waals surface area contributed by atoms with Gasteiger partial charge in [-0.05, 0) is 49.8 Å². The molecule has 2 aliphatic carbocycles. The molecule has 1 spiro atoms. The van der Waals surface area contributed by atoms with Crippen LogP contribution in [0, 0.1) is 0 Å². The van der Waals surface area contributed by atoms with Gasteiger partial charge in [0.05, 0.1) is 24.4 Å². The average molecular weight is 447 g/mol. The van der Waals surface area contributed by atoms with E-state index in [4.69, 9.17) is 14.2 Å². The van der Waals surface area contributed by atoms with Crippen LogP contribution < -0.4 is 10.1 Å². The molecule has 1 aliphatic heterocycles. The highest BCUT2D eigenvalue weighted by atomic mass is 19.3. The molecule has 2 atom stereocenters. The van der Waals surface area contributed by atoms with Gasteiger partial charge in [-0.15, -0.1) is 10.2 Å². The third-order valence-electron chi connectivity index (χ3n) is 6.66. The molecule has 2 saturated carbocycles. The van der Waals surface area contributed by atoms with E-state index in [9.17, 15) is 13.9 Å². The van der Waals surface area contributed by atoms with Crippen LogP contribution in [0.3, 0.4) is 0 Å². The SMILES string of the molecule is COCOc1cc(C(F)F)ccc1-c1nnc(N[C@@H]2CCC[C@H]2O)c2c1CC1(CC1)OC2. The smallest absolute Gasteiger partial charge is 0.263 e. The van der Waals surface area contributed by atoms with Crippen molar-refractivity contribution in [2.24, 2.45) is 0 Å². The molecule has 1 aromatic heterocycles. The predicted molar refractivity (Wildman–Crippen MR) is 113 cm³/mol. The summed E-state index contributed by atoms with van der Waals surface area (Å²) >= 11 is 0. The van der Waals surface area contributed by atoms with Gasteiger partial charge < -0.3 is 24.6 Å². The summed E-state index contributed by atoms with van der Waals surface area (Å²) in [7, 11) is 1.48. The fourth-order valence-corrected chi connectivity index (χ4v) is 4.64. The lowest BCUT2D eigenvalue weighted by Crippen LogP contribution is -2.31. The van der Waals surface area contributed by atoms with Crippen molar-refractivity contribution in [1.82, 2.24) is 10.2 Å². The van der Waals surface area contributed by atoms with Crippen LogP contribution in [0.4, 0.5) is 14.6 Å². The number of hydrogen-bond donors (Lipinski definition) is 2. The highest BCUT2D eigenvalue weighted by Gasteiger charge is 2.48. The first-order valence-electron chi connectivity index (χ1n) is 11.0. The second kappa shape index (κ2) is 8.53. The minimum atomic E-state index is -2.61. The molecule has 2 aromatic rings. The summed E-state index contributed by atoms with van der Waals surface area (Å²) in [4.78, 5) is 0. The Hall–Kier alpha value is -2.36. The number of anilines is 1. The molecule has 3 aliphatic rings. The second-order valence-electron chi connectivity index (χ2n) is 8.86. The molecular formula is C23H27F2N3O4. The van der Waals surface area contributed by atoms with Gasteiger partial charge in [-0.25, -0.2) is 8.78 Å². The normalized spacial score (nSPS) is 23.4. The van der Waals surface area contributed by atoms with Gasteiger partial charge in [-0.1, -0.05) is 6.07 Å². The van der Waals surface area contributed by atoms with Gasteiger partial charge in [0.2, 0.25) is 0 Å². The van der Waals surface area contributed by atoms with E-state index in [2.05, 4.69) is 15.5 Å². The van der Waals surface area contributed by atoms with Crippen molar-refractivity contribution in [1.29, 1.82) is 0 Å². The maximum absolute atomic E-state index is 13.3. The number of aliphatic hydroxyl groups excluding tert-OH is 1. The van der Waals surface area contributed by atoms with Crippen molar-refractivity contribution < 1.29 is 28.1 Å². The van der Waals surface area contributed by atoms with Crippen molar-refractivity contribution in [2.45, 2.75) is 69.3 Å². The molecule has 9 heteroatoms. The zero-order valence-corrected chi connectivity index (χ0v) is 17.9. The van der Waals surface area contributed by atoms with Gasteiger partial charge in [-0.2, -0.15) is 0 Å². The molecule has 2 heterocycles. The fourth-order valence-electron chi connectivity index (χ4n) is 4.64. The molecule has 0 bridgehead atoms. The molecule has 7 nitrogen and oxygen atoms in total. The first-order chi connectivity index (χ1) is 15.5. The molecular weight excluding hydrogens is 420 g/mol. The Morgan fingerprint density at radius 1 is 1.25 bits per heavy atom. The van der Waals surface area contributed by atoms with Crippen molar-refractivity contribution >= 4 is 5.82 Å². The maximum Gasteiger partial charge on any atom is 0.263 e. The molecule has 172 valence electrons. The van der Waals surface area contributed by atoms with Gasteiger partial charge in [0, 0.05) is 30.2 Å². The lowest BCUT2D eigenvalue weighted by atomic mass is 9.93. The number of aliphatic hydroxyl groups is 1. The third-order valence-corrected chi connectivity index (χ3v) is 6.66. The van der Waals surface area contributed by atoms with E-state index in [1.165, 1.54) is 19.2 Å². The molecule has 32 heavy (non-hydrogen) atoms. The number of ether oxygens (including phenoxy) is 3. The molecule has 0 saturated heterocycles. The summed E-state index contributed by atoms with van der Waals surface area (Å²) in [6.07, 6.45) is 2.21. The van der Waals surface area contributed by atoms with E-state index in [1.807, 2.05) is 0 Å². The molecule has 0 unspecified atom stereocenters. The van der Waals surface area contributed by atoms with Gasteiger partial charge in [0.1, 0.15) is 11.4 Å². The first kappa shape index (κ1) is 21.5.